The van der Waals surface area contributed by atoms with Gasteiger partial charge in [-0.1, -0.05) is 35.7 Å². The topological polar surface area (TPSA) is 3.24 Å². The molecular formula is C12H24BrN. The van der Waals surface area contributed by atoms with Gasteiger partial charge in [-0.2, -0.15) is 0 Å². The lowest BCUT2D eigenvalue weighted by atomic mass is 9.88. The number of hydrogen-bond acceptors (Lipinski definition) is 1. The molecule has 0 aromatic heterocycles. The molecule has 0 aromatic carbocycles. The second-order valence-electron chi connectivity index (χ2n) is 5.01. The minimum Gasteiger partial charge on any atom is -0.303 e. The lowest BCUT2D eigenvalue weighted by molar-refractivity contribution is 0.160. The van der Waals surface area contributed by atoms with Crippen molar-refractivity contribution in [1.82, 2.24) is 4.90 Å². The number of hydrogen-bond donors (Lipinski definition) is 0. The van der Waals surface area contributed by atoms with Crippen molar-refractivity contribution in [2.24, 2.45) is 5.41 Å². The Labute approximate surface area is 97.4 Å². The van der Waals surface area contributed by atoms with E-state index in [4.69, 9.17) is 0 Å². The maximum absolute atomic E-state index is 3.71. The fraction of sp³-hybridized carbons (Fsp3) is 1.00. The van der Waals surface area contributed by atoms with E-state index in [9.17, 15) is 0 Å². The van der Waals surface area contributed by atoms with Gasteiger partial charge in [0, 0.05) is 17.9 Å². The summed E-state index contributed by atoms with van der Waals surface area (Å²) in [4.78, 5) is 2.53. The molecule has 1 rings (SSSR count). The largest absolute Gasteiger partial charge is 0.303 e. The summed E-state index contributed by atoms with van der Waals surface area (Å²) >= 11 is 3.71. The predicted molar refractivity (Wildman–Crippen MR) is 67.1 cm³/mol. The highest BCUT2D eigenvalue weighted by atomic mass is 79.9. The summed E-state index contributed by atoms with van der Waals surface area (Å²) in [6.45, 7) is 5.88. The Hall–Kier alpha value is 0.440. The van der Waals surface area contributed by atoms with E-state index in [1.807, 2.05) is 0 Å². The van der Waals surface area contributed by atoms with Gasteiger partial charge in [-0.05, 0) is 38.6 Å². The number of nitrogens with zero attached hydrogens (tertiary/aromatic N) is 1. The molecule has 1 saturated carbocycles. The van der Waals surface area contributed by atoms with Crippen LogP contribution in [0.1, 0.15) is 46.0 Å². The van der Waals surface area contributed by atoms with Crippen molar-refractivity contribution in [3.8, 4) is 0 Å². The Balaban J connectivity index is 2.47. The van der Waals surface area contributed by atoms with Crippen LogP contribution in [-0.2, 0) is 0 Å². The highest BCUT2D eigenvalue weighted by molar-refractivity contribution is 9.09. The van der Waals surface area contributed by atoms with Crippen molar-refractivity contribution in [3.63, 3.8) is 0 Å². The van der Waals surface area contributed by atoms with Gasteiger partial charge >= 0.3 is 0 Å². The first-order valence-electron chi connectivity index (χ1n) is 5.90. The first-order chi connectivity index (χ1) is 6.63. The standard InChI is InChI=1S/C12H24BrN/c1-4-11(2)14(3)10-12(9-13)7-5-6-8-12/h11H,4-10H2,1-3H3. The van der Waals surface area contributed by atoms with Crippen LogP contribution in [0, 0.1) is 5.41 Å². The van der Waals surface area contributed by atoms with Gasteiger partial charge in [0.05, 0.1) is 0 Å². The van der Waals surface area contributed by atoms with Gasteiger partial charge in [0.15, 0.2) is 0 Å². The third kappa shape index (κ3) is 2.96. The molecule has 1 aliphatic carbocycles. The average Bonchev–Trinajstić information content (AvgIpc) is 2.65. The van der Waals surface area contributed by atoms with E-state index < -0.39 is 0 Å². The summed E-state index contributed by atoms with van der Waals surface area (Å²) in [6, 6.07) is 0.728. The molecule has 0 radical (unpaired) electrons. The molecule has 1 aliphatic rings. The van der Waals surface area contributed by atoms with E-state index in [2.05, 4.69) is 41.7 Å². The smallest absolute Gasteiger partial charge is 0.0100 e. The Morgan fingerprint density at radius 2 is 1.93 bits per heavy atom. The van der Waals surface area contributed by atoms with Crippen LogP contribution in [0.2, 0.25) is 0 Å². The van der Waals surface area contributed by atoms with Crippen molar-refractivity contribution >= 4 is 15.9 Å². The van der Waals surface area contributed by atoms with Crippen molar-refractivity contribution in [2.45, 2.75) is 52.0 Å². The molecule has 2 heteroatoms. The van der Waals surface area contributed by atoms with E-state index in [0.29, 0.717) is 5.41 Å². The van der Waals surface area contributed by atoms with Crippen LogP contribution >= 0.6 is 15.9 Å². The van der Waals surface area contributed by atoms with E-state index in [1.54, 1.807) is 0 Å². The maximum atomic E-state index is 3.71. The molecular weight excluding hydrogens is 238 g/mol. The molecule has 14 heavy (non-hydrogen) atoms. The zero-order chi connectivity index (χ0) is 10.6. The summed E-state index contributed by atoms with van der Waals surface area (Å²) in [6.07, 6.45) is 6.95. The molecule has 1 nitrogen and oxygen atoms in total. The van der Waals surface area contributed by atoms with Gasteiger partial charge in [0.2, 0.25) is 0 Å². The molecule has 0 spiro atoms. The van der Waals surface area contributed by atoms with Crippen LogP contribution < -0.4 is 0 Å². The quantitative estimate of drug-likeness (QED) is 0.683. The molecule has 0 heterocycles. The monoisotopic (exact) mass is 261 g/mol. The van der Waals surface area contributed by atoms with Crippen LogP contribution in [-0.4, -0.2) is 29.9 Å². The normalized spacial score (nSPS) is 22.9. The third-order valence-corrected chi connectivity index (χ3v) is 5.07. The highest BCUT2D eigenvalue weighted by Gasteiger charge is 2.34. The van der Waals surface area contributed by atoms with E-state index >= 15 is 0 Å². The van der Waals surface area contributed by atoms with Crippen LogP contribution in [0.3, 0.4) is 0 Å². The summed E-state index contributed by atoms with van der Waals surface area (Å²) in [5.41, 5.74) is 0.582. The van der Waals surface area contributed by atoms with Gasteiger partial charge in [0.25, 0.3) is 0 Å². The van der Waals surface area contributed by atoms with E-state index in [1.165, 1.54) is 44.0 Å². The average molecular weight is 262 g/mol. The van der Waals surface area contributed by atoms with Gasteiger partial charge in [-0.15, -0.1) is 0 Å². The molecule has 1 atom stereocenters. The molecule has 0 aromatic rings. The Morgan fingerprint density at radius 3 is 2.36 bits per heavy atom. The molecule has 0 saturated heterocycles. The summed E-state index contributed by atoms with van der Waals surface area (Å²) < 4.78 is 0. The van der Waals surface area contributed by atoms with Crippen LogP contribution in [0.5, 0.6) is 0 Å². The second kappa shape index (κ2) is 5.50. The van der Waals surface area contributed by atoms with E-state index in [-0.39, 0.29) is 0 Å². The SMILES string of the molecule is CCC(C)N(C)CC1(CBr)CCCC1. The summed E-state index contributed by atoms with van der Waals surface area (Å²) in [5.74, 6) is 0. The first kappa shape index (κ1) is 12.5. The molecule has 84 valence electrons. The van der Waals surface area contributed by atoms with Crippen molar-refractivity contribution in [3.05, 3.63) is 0 Å². The molecule has 0 amide bonds. The third-order valence-electron chi connectivity index (χ3n) is 3.88. The summed E-state index contributed by atoms with van der Waals surface area (Å²) in [5, 5.41) is 1.18. The molecule has 0 N–H and O–H groups in total. The molecule has 1 fully saturated rings. The van der Waals surface area contributed by atoms with E-state index in [0.717, 1.165) is 6.04 Å². The van der Waals surface area contributed by atoms with Crippen LogP contribution in [0.25, 0.3) is 0 Å². The fourth-order valence-electron chi connectivity index (χ4n) is 2.46. The number of halogens is 1. The fourth-order valence-corrected chi connectivity index (χ4v) is 3.19. The van der Waals surface area contributed by atoms with Crippen LogP contribution in [0.15, 0.2) is 0 Å². The number of alkyl halides is 1. The van der Waals surface area contributed by atoms with Gasteiger partial charge in [0.1, 0.15) is 0 Å². The zero-order valence-corrected chi connectivity index (χ0v) is 11.4. The van der Waals surface area contributed by atoms with Crippen LogP contribution in [0.4, 0.5) is 0 Å². The minimum atomic E-state index is 0.582. The number of rotatable bonds is 5. The van der Waals surface area contributed by atoms with Crippen molar-refractivity contribution in [2.75, 3.05) is 18.9 Å². The van der Waals surface area contributed by atoms with Gasteiger partial charge < -0.3 is 4.90 Å². The molecule has 1 unspecified atom stereocenters. The second-order valence-corrected chi connectivity index (χ2v) is 5.57. The van der Waals surface area contributed by atoms with Crippen molar-refractivity contribution in [1.29, 1.82) is 0 Å². The highest BCUT2D eigenvalue weighted by Crippen LogP contribution is 2.40. The Morgan fingerprint density at radius 1 is 1.36 bits per heavy atom. The van der Waals surface area contributed by atoms with Gasteiger partial charge in [-0.3, -0.25) is 0 Å². The van der Waals surface area contributed by atoms with Gasteiger partial charge in [-0.25, -0.2) is 0 Å². The minimum absolute atomic E-state index is 0.582. The van der Waals surface area contributed by atoms with Crippen molar-refractivity contribution < 1.29 is 0 Å². The zero-order valence-electron chi connectivity index (χ0n) is 9.85. The Bertz CT molecular complexity index is 164. The molecule has 0 aliphatic heterocycles. The summed E-state index contributed by atoms with van der Waals surface area (Å²) in [7, 11) is 2.27. The predicted octanol–water partition coefficient (Wildman–Crippen LogP) is 3.67. The lowest BCUT2D eigenvalue weighted by Crippen LogP contribution is -2.39. The maximum Gasteiger partial charge on any atom is 0.0100 e. The first-order valence-corrected chi connectivity index (χ1v) is 7.02. The molecule has 0 bridgehead atoms. The lowest BCUT2D eigenvalue weighted by Gasteiger charge is -2.34. The Kier molecular flexibility index (Phi) is 4.92.